The molecular formula is C12H14BrNS. The van der Waals surface area contributed by atoms with Crippen LogP contribution in [0.5, 0.6) is 0 Å². The first-order chi connectivity index (χ1) is 7.27. The van der Waals surface area contributed by atoms with E-state index in [1.54, 1.807) is 0 Å². The van der Waals surface area contributed by atoms with Gasteiger partial charge in [-0.2, -0.15) is 5.26 Å². The summed E-state index contributed by atoms with van der Waals surface area (Å²) in [5, 5.41) is 10.6. The van der Waals surface area contributed by atoms with Crippen LogP contribution in [0.25, 0.3) is 0 Å². The smallest absolute Gasteiger partial charge is 0.133 e. The Morgan fingerprint density at radius 3 is 2.93 bits per heavy atom. The Morgan fingerprint density at radius 2 is 2.33 bits per heavy atom. The Hall–Kier alpha value is -0.460. The molecule has 1 aromatic carbocycles. The number of rotatable bonds is 5. The van der Waals surface area contributed by atoms with E-state index in [1.807, 2.05) is 6.07 Å². The van der Waals surface area contributed by atoms with Crippen molar-refractivity contribution in [2.75, 3.05) is 5.75 Å². The minimum Gasteiger partial charge on any atom is -0.185 e. The normalized spacial score (nSPS) is 12.1. The monoisotopic (exact) mass is 283 g/mol. The van der Waals surface area contributed by atoms with E-state index in [0.717, 1.165) is 23.1 Å². The Balaban J connectivity index is 2.62. The molecule has 0 fully saturated rings. The third kappa shape index (κ3) is 4.27. The molecule has 0 saturated carbocycles. The van der Waals surface area contributed by atoms with Crippen LogP contribution in [0.3, 0.4) is 0 Å². The second-order valence-electron chi connectivity index (χ2n) is 3.39. The van der Waals surface area contributed by atoms with Crippen LogP contribution < -0.4 is 0 Å². The van der Waals surface area contributed by atoms with Crippen molar-refractivity contribution in [2.24, 2.45) is 0 Å². The van der Waals surface area contributed by atoms with Crippen molar-refractivity contribution < 1.29 is 0 Å². The molecule has 0 spiro atoms. The largest absolute Gasteiger partial charge is 0.185 e. The standard InChI is InChI=1S/C12H14BrNS/c1-2-10(6-7-15-9-14)11-4-3-5-12(13)8-11/h3-5,8,10H,2,6-7H2,1H3. The van der Waals surface area contributed by atoms with Crippen molar-refractivity contribution >= 4 is 27.7 Å². The fourth-order valence-corrected chi connectivity index (χ4v) is 2.52. The lowest BCUT2D eigenvalue weighted by Crippen LogP contribution is -1.98. The number of hydrogen-bond donors (Lipinski definition) is 0. The lowest BCUT2D eigenvalue weighted by molar-refractivity contribution is 0.647. The third-order valence-electron chi connectivity index (χ3n) is 2.45. The second kappa shape index (κ2) is 6.92. The molecule has 1 atom stereocenters. The first kappa shape index (κ1) is 12.6. The number of benzene rings is 1. The Kier molecular flexibility index (Phi) is 5.82. The van der Waals surface area contributed by atoms with Gasteiger partial charge in [0.05, 0.1) is 0 Å². The highest BCUT2D eigenvalue weighted by Crippen LogP contribution is 2.26. The predicted molar refractivity (Wildman–Crippen MR) is 69.9 cm³/mol. The maximum atomic E-state index is 8.47. The molecule has 0 N–H and O–H groups in total. The Morgan fingerprint density at radius 1 is 1.53 bits per heavy atom. The van der Waals surface area contributed by atoms with Gasteiger partial charge in [-0.3, -0.25) is 0 Å². The molecule has 1 unspecified atom stereocenters. The van der Waals surface area contributed by atoms with Crippen molar-refractivity contribution in [3.63, 3.8) is 0 Å². The van der Waals surface area contributed by atoms with E-state index in [2.05, 4.69) is 46.5 Å². The third-order valence-corrected chi connectivity index (χ3v) is 3.51. The molecule has 15 heavy (non-hydrogen) atoms. The van der Waals surface area contributed by atoms with E-state index in [9.17, 15) is 0 Å². The van der Waals surface area contributed by atoms with Gasteiger partial charge in [0, 0.05) is 10.2 Å². The molecule has 0 amide bonds. The summed E-state index contributed by atoms with van der Waals surface area (Å²) in [5.74, 6) is 1.49. The Bertz CT molecular complexity index is 346. The van der Waals surface area contributed by atoms with Crippen molar-refractivity contribution in [3.8, 4) is 5.40 Å². The van der Waals surface area contributed by atoms with Crippen LogP contribution in [0, 0.1) is 10.7 Å². The first-order valence-corrected chi connectivity index (χ1v) is 6.82. The van der Waals surface area contributed by atoms with Gasteiger partial charge >= 0.3 is 0 Å². The molecule has 0 heterocycles. The number of nitrogens with zero attached hydrogens (tertiary/aromatic N) is 1. The number of hydrogen-bond acceptors (Lipinski definition) is 2. The van der Waals surface area contributed by atoms with Gasteiger partial charge in [0.1, 0.15) is 5.40 Å². The molecule has 3 heteroatoms. The van der Waals surface area contributed by atoms with Crippen LogP contribution >= 0.6 is 27.7 Å². The molecule has 0 aliphatic rings. The zero-order valence-corrected chi connectivity index (χ0v) is 11.1. The SMILES string of the molecule is CCC(CCSC#N)c1cccc(Br)c1. The number of thiocyanates is 1. The van der Waals surface area contributed by atoms with Crippen LogP contribution in [0.1, 0.15) is 31.2 Å². The molecule has 0 radical (unpaired) electrons. The maximum Gasteiger partial charge on any atom is 0.133 e. The summed E-state index contributed by atoms with van der Waals surface area (Å²) in [6, 6.07) is 8.45. The molecule has 1 rings (SSSR count). The molecule has 80 valence electrons. The highest BCUT2D eigenvalue weighted by Gasteiger charge is 2.09. The summed E-state index contributed by atoms with van der Waals surface area (Å²) in [7, 11) is 0. The number of halogens is 1. The fraction of sp³-hybridized carbons (Fsp3) is 0.417. The lowest BCUT2D eigenvalue weighted by atomic mass is 9.94. The molecular weight excluding hydrogens is 270 g/mol. The van der Waals surface area contributed by atoms with E-state index in [4.69, 9.17) is 5.26 Å². The van der Waals surface area contributed by atoms with E-state index in [-0.39, 0.29) is 0 Å². The van der Waals surface area contributed by atoms with Gasteiger partial charge in [-0.1, -0.05) is 35.0 Å². The van der Waals surface area contributed by atoms with Crippen molar-refractivity contribution in [1.82, 2.24) is 0 Å². The first-order valence-electron chi connectivity index (χ1n) is 5.04. The second-order valence-corrected chi connectivity index (χ2v) is 5.18. The highest BCUT2D eigenvalue weighted by molar-refractivity contribution is 9.10. The minimum atomic E-state index is 0.573. The lowest BCUT2D eigenvalue weighted by Gasteiger charge is -2.14. The average molecular weight is 284 g/mol. The molecule has 1 aromatic rings. The summed E-state index contributed by atoms with van der Waals surface area (Å²) in [4.78, 5) is 0. The number of thioether (sulfide) groups is 1. The summed E-state index contributed by atoms with van der Waals surface area (Å²) in [5.41, 5.74) is 1.37. The van der Waals surface area contributed by atoms with Crippen LogP contribution in [-0.2, 0) is 0 Å². The predicted octanol–water partition coefficient (Wildman–Crippen LogP) is 4.55. The Labute approximate surface area is 104 Å². The zero-order valence-electron chi connectivity index (χ0n) is 8.74. The molecule has 0 bridgehead atoms. The van der Waals surface area contributed by atoms with Gasteiger partial charge < -0.3 is 0 Å². The molecule has 1 nitrogen and oxygen atoms in total. The molecule has 0 saturated heterocycles. The summed E-state index contributed by atoms with van der Waals surface area (Å²) >= 11 is 4.83. The van der Waals surface area contributed by atoms with Crippen LogP contribution in [0.15, 0.2) is 28.7 Å². The highest BCUT2D eigenvalue weighted by atomic mass is 79.9. The van der Waals surface area contributed by atoms with Crippen molar-refractivity contribution in [1.29, 1.82) is 5.26 Å². The van der Waals surface area contributed by atoms with Gasteiger partial charge in [-0.05, 0) is 48.2 Å². The summed E-state index contributed by atoms with van der Waals surface area (Å²) in [6.07, 6.45) is 2.20. The number of nitriles is 1. The average Bonchev–Trinajstić information content (AvgIpc) is 2.24. The van der Waals surface area contributed by atoms with E-state index >= 15 is 0 Å². The van der Waals surface area contributed by atoms with Crippen LogP contribution in [0.2, 0.25) is 0 Å². The van der Waals surface area contributed by atoms with Gasteiger partial charge in [-0.15, -0.1) is 0 Å². The van der Waals surface area contributed by atoms with Crippen molar-refractivity contribution in [2.45, 2.75) is 25.7 Å². The molecule has 0 aromatic heterocycles. The van der Waals surface area contributed by atoms with Gasteiger partial charge in [0.2, 0.25) is 0 Å². The van der Waals surface area contributed by atoms with Gasteiger partial charge in [-0.25, -0.2) is 0 Å². The van der Waals surface area contributed by atoms with Crippen LogP contribution in [-0.4, -0.2) is 5.75 Å². The minimum absolute atomic E-state index is 0.573. The van der Waals surface area contributed by atoms with Crippen LogP contribution in [0.4, 0.5) is 0 Å². The zero-order chi connectivity index (χ0) is 11.1. The van der Waals surface area contributed by atoms with E-state index in [0.29, 0.717) is 5.92 Å². The van der Waals surface area contributed by atoms with Crippen molar-refractivity contribution in [3.05, 3.63) is 34.3 Å². The summed E-state index contributed by atoms with van der Waals surface area (Å²) in [6.45, 7) is 2.20. The van der Waals surface area contributed by atoms with Gasteiger partial charge in [0.15, 0.2) is 0 Å². The van der Waals surface area contributed by atoms with E-state index in [1.165, 1.54) is 17.3 Å². The molecule has 0 aliphatic carbocycles. The van der Waals surface area contributed by atoms with E-state index < -0.39 is 0 Å². The topological polar surface area (TPSA) is 23.8 Å². The van der Waals surface area contributed by atoms with Gasteiger partial charge in [0.25, 0.3) is 0 Å². The fourth-order valence-electron chi connectivity index (χ4n) is 1.61. The maximum absolute atomic E-state index is 8.47. The summed E-state index contributed by atoms with van der Waals surface area (Å²) < 4.78 is 1.13. The quantitative estimate of drug-likeness (QED) is 0.585. The molecule has 0 aliphatic heterocycles.